The maximum atomic E-state index is 12.1. The van der Waals surface area contributed by atoms with E-state index in [0.717, 1.165) is 26.0 Å². The van der Waals surface area contributed by atoms with Crippen molar-refractivity contribution >= 4 is 56.5 Å². The number of halogens is 1. The predicted octanol–water partition coefficient (Wildman–Crippen LogP) is 5.08. The van der Waals surface area contributed by atoms with Crippen LogP contribution in [-0.4, -0.2) is 23.3 Å². The van der Waals surface area contributed by atoms with E-state index in [2.05, 4.69) is 10.3 Å². The Bertz CT molecular complexity index is 849. The van der Waals surface area contributed by atoms with E-state index in [-0.39, 0.29) is 5.91 Å². The molecule has 0 fully saturated rings. The fraction of sp³-hybridized carbons (Fsp3) is 0.176. The summed E-state index contributed by atoms with van der Waals surface area (Å²) in [5, 5.41) is 3.53. The van der Waals surface area contributed by atoms with E-state index in [1.54, 1.807) is 11.3 Å². The van der Waals surface area contributed by atoms with Crippen molar-refractivity contribution in [2.75, 3.05) is 17.7 Å². The number of fused-ring (bicyclic) bond motifs is 1. The van der Waals surface area contributed by atoms with Crippen molar-refractivity contribution in [3.63, 3.8) is 0 Å². The van der Waals surface area contributed by atoms with Crippen molar-refractivity contribution < 1.29 is 9.53 Å². The molecule has 0 bridgehead atoms. The van der Waals surface area contributed by atoms with Crippen molar-refractivity contribution in [2.24, 2.45) is 0 Å². The highest BCUT2D eigenvalue weighted by Gasteiger charge is 2.08. The zero-order valence-corrected chi connectivity index (χ0v) is 15.3. The zero-order valence-electron chi connectivity index (χ0n) is 12.9. The van der Waals surface area contributed by atoms with Gasteiger partial charge in [0.1, 0.15) is 5.75 Å². The summed E-state index contributed by atoms with van der Waals surface area (Å²) in [5.41, 5.74) is 1.61. The number of benzene rings is 2. The molecule has 3 rings (SSSR count). The third kappa shape index (κ3) is 4.41. The molecule has 0 saturated carbocycles. The van der Waals surface area contributed by atoms with Crippen molar-refractivity contribution in [1.29, 1.82) is 0 Å². The van der Waals surface area contributed by atoms with Crippen LogP contribution in [0.4, 0.5) is 5.69 Å². The molecule has 0 radical (unpaired) electrons. The molecule has 124 valence electrons. The molecule has 0 saturated heterocycles. The fourth-order valence-electron chi connectivity index (χ4n) is 2.07. The predicted molar refractivity (Wildman–Crippen MR) is 102 cm³/mol. The van der Waals surface area contributed by atoms with E-state index in [9.17, 15) is 4.79 Å². The maximum absolute atomic E-state index is 12.1. The number of aromatic nitrogens is 1. The quantitative estimate of drug-likeness (QED) is 0.608. The van der Waals surface area contributed by atoms with Crippen LogP contribution in [0.25, 0.3) is 10.2 Å². The molecule has 1 heterocycles. The number of anilines is 1. The van der Waals surface area contributed by atoms with Gasteiger partial charge in [-0.25, -0.2) is 4.98 Å². The largest absolute Gasteiger partial charge is 0.494 e. The number of thiazole rings is 1. The average Bonchev–Trinajstić information content (AvgIpc) is 2.97. The Morgan fingerprint density at radius 3 is 2.83 bits per heavy atom. The Labute approximate surface area is 153 Å². The van der Waals surface area contributed by atoms with E-state index in [4.69, 9.17) is 16.3 Å². The van der Waals surface area contributed by atoms with Crippen LogP contribution >= 0.6 is 34.7 Å². The number of nitrogens with zero attached hydrogens (tertiary/aromatic N) is 1. The highest BCUT2D eigenvalue weighted by atomic mass is 35.5. The fourth-order valence-corrected chi connectivity index (χ4v) is 4.08. The van der Waals surface area contributed by atoms with Gasteiger partial charge in [0.25, 0.3) is 0 Å². The molecular weight excluding hydrogens is 364 g/mol. The number of nitrogens with one attached hydrogen (secondary N) is 1. The molecule has 0 aliphatic heterocycles. The lowest BCUT2D eigenvalue weighted by atomic mass is 10.3. The van der Waals surface area contributed by atoms with Gasteiger partial charge in [0, 0.05) is 10.7 Å². The minimum atomic E-state index is -0.0681. The summed E-state index contributed by atoms with van der Waals surface area (Å²) in [7, 11) is 0. The molecule has 0 unspecified atom stereocenters. The molecule has 2 aromatic carbocycles. The highest BCUT2D eigenvalue weighted by Crippen LogP contribution is 2.31. The van der Waals surface area contributed by atoms with Gasteiger partial charge < -0.3 is 10.1 Å². The van der Waals surface area contributed by atoms with Gasteiger partial charge in [-0.1, -0.05) is 23.4 Å². The Morgan fingerprint density at radius 1 is 1.29 bits per heavy atom. The summed E-state index contributed by atoms with van der Waals surface area (Å²) in [6, 6.07) is 12.9. The summed E-state index contributed by atoms with van der Waals surface area (Å²) in [6.07, 6.45) is 0. The molecule has 1 aromatic heterocycles. The van der Waals surface area contributed by atoms with E-state index < -0.39 is 0 Å². The lowest BCUT2D eigenvalue weighted by Gasteiger charge is -2.06. The molecule has 0 spiro atoms. The Balaban J connectivity index is 1.56. The Hall–Kier alpha value is -1.76. The number of hydrogen-bond donors (Lipinski definition) is 1. The van der Waals surface area contributed by atoms with Gasteiger partial charge in [-0.2, -0.15) is 0 Å². The van der Waals surface area contributed by atoms with Crippen molar-refractivity contribution in [3.05, 3.63) is 47.5 Å². The van der Waals surface area contributed by atoms with Gasteiger partial charge in [0.15, 0.2) is 4.34 Å². The SMILES string of the molecule is CCOc1ccc(NC(=O)CSc2nc3cc(Cl)ccc3s2)cc1. The molecule has 4 nitrogen and oxygen atoms in total. The van der Waals surface area contributed by atoms with Crippen molar-refractivity contribution in [2.45, 2.75) is 11.3 Å². The normalized spacial score (nSPS) is 10.8. The van der Waals surface area contributed by atoms with Crippen LogP contribution in [0.2, 0.25) is 5.02 Å². The molecule has 0 atom stereocenters. The highest BCUT2D eigenvalue weighted by molar-refractivity contribution is 8.01. The van der Waals surface area contributed by atoms with E-state index in [0.29, 0.717) is 17.4 Å². The lowest BCUT2D eigenvalue weighted by molar-refractivity contribution is -0.113. The van der Waals surface area contributed by atoms with Gasteiger partial charge in [0.05, 0.1) is 22.6 Å². The minimum Gasteiger partial charge on any atom is -0.494 e. The Kier molecular flexibility index (Phi) is 5.60. The van der Waals surface area contributed by atoms with Crippen molar-refractivity contribution in [3.8, 4) is 5.75 Å². The van der Waals surface area contributed by atoms with Crippen LogP contribution in [0.1, 0.15) is 6.92 Å². The van der Waals surface area contributed by atoms with Gasteiger partial charge in [-0.15, -0.1) is 11.3 Å². The summed E-state index contributed by atoms with van der Waals surface area (Å²) in [4.78, 5) is 16.5. The van der Waals surface area contributed by atoms with Crippen molar-refractivity contribution in [1.82, 2.24) is 4.98 Å². The third-order valence-corrected chi connectivity index (χ3v) is 5.52. The number of rotatable bonds is 6. The molecule has 1 N–H and O–H groups in total. The summed E-state index contributed by atoms with van der Waals surface area (Å²) in [5.74, 6) is 1.03. The second-order valence-electron chi connectivity index (χ2n) is 4.89. The first-order valence-corrected chi connectivity index (χ1v) is 9.53. The number of hydrogen-bond acceptors (Lipinski definition) is 5. The Morgan fingerprint density at radius 2 is 2.08 bits per heavy atom. The van der Waals surface area contributed by atoms with Gasteiger partial charge >= 0.3 is 0 Å². The number of ether oxygens (including phenoxy) is 1. The first-order valence-electron chi connectivity index (χ1n) is 7.35. The lowest BCUT2D eigenvalue weighted by Crippen LogP contribution is -2.13. The molecule has 0 aliphatic rings. The first kappa shape index (κ1) is 17.1. The molecule has 24 heavy (non-hydrogen) atoms. The third-order valence-electron chi connectivity index (χ3n) is 3.11. The second-order valence-corrected chi connectivity index (χ2v) is 7.58. The molecule has 0 aliphatic carbocycles. The van der Waals surface area contributed by atoms with E-state index in [1.807, 2.05) is 49.4 Å². The number of amides is 1. The first-order chi connectivity index (χ1) is 11.6. The minimum absolute atomic E-state index is 0.0681. The summed E-state index contributed by atoms with van der Waals surface area (Å²) < 4.78 is 7.29. The number of thioether (sulfide) groups is 1. The number of carbonyl (C=O) groups is 1. The van der Waals surface area contributed by atoms with Crippen LogP contribution in [0, 0.1) is 0 Å². The van der Waals surface area contributed by atoms with Gasteiger partial charge in [0.2, 0.25) is 5.91 Å². The standard InChI is InChI=1S/C17H15ClN2O2S2/c1-2-22-13-6-4-12(5-7-13)19-16(21)10-23-17-20-14-9-11(18)3-8-15(14)24-17/h3-9H,2,10H2,1H3,(H,19,21). The average molecular weight is 379 g/mol. The topological polar surface area (TPSA) is 51.2 Å². The van der Waals surface area contributed by atoms with Crippen LogP contribution in [0.15, 0.2) is 46.8 Å². The van der Waals surface area contributed by atoms with E-state index in [1.165, 1.54) is 11.8 Å². The van der Waals surface area contributed by atoms with Crippen LogP contribution in [0.5, 0.6) is 5.75 Å². The molecule has 3 aromatic rings. The molecule has 7 heteroatoms. The van der Waals surface area contributed by atoms with Gasteiger partial charge in [-0.05, 0) is 49.4 Å². The summed E-state index contributed by atoms with van der Waals surface area (Å²) in [6.45, 7) is 2.55. The van der Waals surface area contributed by atoms with Crippen LogP contribution in [-0.2, 0) is 4.79 Å². The van der Waals surface area contributed by atoms with Crippen LogP contribution in [0.3, 0.4) is 0 Å². The van der Waals surface area contributed by atoms with Crippen LogP contribution < -0.4 is 10.1 Å². The zero-order chi connectivity index (χ0) is 16.9. The molecular formula is C17H15ClN2O2S2. The maximum Gasteiger partial charge on any atom is 0.234 e. The summed E-state index contributed by atoms with van der Waals surface area (Å²) >= 11 is 8.94. The monoisotopic (exact) mass is 378 g/mol. The smallest absolute Gasteiger partial charge is 0.234 e. The molecule has 1 amide bonds. The number of carbonyl (C=O) groups excluding carboxylic acids is 1. The van der Waals surface area contributed by atoms with E-state index >= 15 is 0 Å². The second kappa shape index (κ2) is 7.88. The van der Waals surface area contributed by atoms with Gasteiger partial charge in [-0.3, -0.25) is 4.79 Å².